The Hall–Kier alpha value is -1.06. The molecule has 0 saturated carbocycles. The second-order valence-corrected chi connectivity index (χ2v) is 6.65. The number of rotatable bonds is 7. The lowest BCUT2D eigenvalue weighted by Gasteiger charge is -2.18. The Balaban J connectivity index is 2.27. The zero-order valence-electron chi connectivity index (χ0n) is 13.0. The summed E-state index contributed by atoms with van der Waals surface area (Å²) in [5.41, 5.74) is 2.65. The smallest absolute Gasteiger partial charge is 0.169 e. The van der Waals surface area contributed by atoms with Crippen LogP contribution in [-0.2, 0) is 6.42 Å². The fourth-order valence-electron chi connectivity index (χ4n) is 2.53. The van der Waals surface area contributed by atoms with Gasteiger partial charge in [0, 0.05) is 0 Å². The van der Waals surface area contributed by atoms with E-state index >= 15 is 0 Å². The standard InChI is InChI=1S/C18H24BrNO/c1-4-10-20-18(16-8-9-17(19)21-16)15-7-5-6-14(12-15)11-13(2)3/h5-9,12-13,18,20H,4,10-11H2,1-3H3. The van der Waals surface area contributed by atoms with Gasteiger partial charge >= 0.3 is 0 Å². The molecule has 1 atom stereocenters. The maximum absolute atomic E-state index is 5.77. The van der Waals surface area contributed by atoms with Gasteiger partial charge in [0.25, 0.3) is 0 Å². The van der Waals surface area contributed by atoms with Gasteiger partial charge in [-0.1, -0.05) is 45.0 Å². The van der Waals surface area contributed by atoms with E-state index in [1.54, 1.807) is 0 Å². The molecule has 0 aliphatic heterocycles. The van der Waals surface area contributed by atoms with Gasteiger partial charge in [-0.3, -0.25) is 0 Å². The molecule has 1 heterocycles. The average molecular weight is 350 g/mol. The highest BCUT2D eigenvalue weighted by atomic mass is 79.9. The van der Waals surface area contributed by atoms with Crippen molar-refractivity contribution in [3.63, 3.8) is 0 Å². The van der Waals surface area contributed by atoms with E-state index in [0.717, 1.165) is 29.8 Å². The number of nitrogens with one attached hydrogen (secondary N) is 1. The van der Waals surface area contributed by atoms with Crippen LogP contribution >= 0.6 is 15.9 Å². The highest BCUT2D eigenvalue weighted by Gasteiger charge is 2.17. The molecule has 3 heteroatoms. The van der Waals surface area contributed by atoms with Crippen molar-refractivity contribution in [2.24, 2.45) is 5.92 Å². The van der Waals surface area contributed by atoms with Gasteiger partial charge in [0.1, 0.15) is 5.76 Å². The van der Waals surface area contributed by atoms with Gasteiger partial charge in [-0.25, -0.2) is 0 Å². The summed E-state index contributed by atoms with van der Waals surface area (Å²) in [6.45, 7) is 7.65. The fourth-order valence-corrected chi connectivity index (χ4v) is 2.84. The Morgan fingerprint density at radius 1 is 1.19 bits per heavy atom. The largest absolute Gasteiger partial charge is 0.452 e. The first kappa shape index (κ1) is 16.3. The van der Waals surface area contributed by atoms with E-state index in [2.05, 4.69) is 66.3 Å². The first-order valence-corrected chi connectivity index (χ1v) is 8.47. The molecule has 0 radical (unpaired) electrons. The molecule has 2 rings (SSSR count). The second-order valence-electron chi connectivity index (χ2n) is 5.87. The lowest BCUT2D eigenvalue weighted by molar-refractivity contribution is 0.432. The van der Waals surface area contributed by atoms with Crippen molar-refractivity contribution in [2.45, 2.75) is 39.7 Å². The quantitative estimate of drug-likeness (QED) is 0.730. The monoisotopic (exact) mass is 349 g/mol. The van der Waals surface area contributed by atoms with Crippen molar-refractivity contribution in [1.82, 2.24) is 5.32 Å². The Labute approximate surface area is 136 Å². The molecule has 0 spiro atoms. The third-order valence-electron chi connectivity index (χ3n) is 3.41. The maximum Gasteiger partial charge on any atom is 0.169 e. The van der Waals surface area contributed by atoms with Crippen LogP contribution in [0.5, 0.6) is 0 Å². The van der Waals surface area contributed by atoms with Gasteiger partial charge in [-0.15, -0.1) is 0 Å². The minimum absolute atomic E-state index is 0.114. The molecule has 2 aromatic rings. The van der Waals surface area contributed by atoms with Crippen molar-refractivity contribution in [1.29, 1.82) is 0 Å². The number of halogens is 1. The van der Waals surface area contributed by atoms with Crippen molar-refractivity contribution in [3.05, 3.63) is 58.0 Å². The minimum Gasteiger partial charge on any atom is -0.452 e. The van der Waals surface area contributed by atoms with Crippen LogP contribution in [0.2, 0.25) is 0 Å². The molecular formula is C18H24BrNO. The highest BCUT2D eigenvalue weighted by Crippen LogP contribution is 2.27. The van der Waals surface area contributed by atoms with Crippen LogP contribution in [0, 0.1) is 5.92 Å². The first-order chi connectivity index (χ1) is 10.1. The van der Waals surface area contributed by atoms with Crippen molar-refractivity contribution in [2.75, 3.05) is 6.54 Å². The van der Waals surface area contributed by atoms with Crippen molar-refractivity contribution in [3.8, 4) is 0 Å². The van der Waals surface area contributed by atoms with Crippen LogP contribution in [0.25, 0.3) is 0 Å². The normalized spacial score (nSPS) is 12.8. The van der Waals surface area contributed by atoms with E-state index in [-0.39, 0.29) is 6.04 Å². The summed E-state index contributed by atoms with van der Waals surface area (Å²) in [6, 6.07) is 12.9. The summed E-state index contributed by atoms with van der Waals surface area (Å²) in [4.78, 5) is 0. The number of hydrogen-bond acceptors (Lipinski definition) is 2. The molecule has 1 aromatic carbocycles. The average Bonchev–Trinajstić information content (AvgIpc) is 2.85. The topological polar surface area (TPSA) is 25.2 Å². The molecule has 0 fully saturated rings. The highest BCUT2D eigenvalue weighted by molar-refractivity contribution is 9.10. The van der Waals surface area contributed by atoms with E-state index < -0.39 is 0 Å². The van der Waals surface area contributed by atoms with Crippen LogP contribution < -0.4 is 5.32 Å². The lowest BCUT2D eigenvalue weighted by atomic mass is 9.97. The van der Waals surface area contributed by atoms with E-state index in [1.165, 1.54) is 11.1 Å². The summed E-state index contributed by atoms with van der Waals surface area (Å²) in [5.74, 6) is 1.62. The molecule has 2 nitrogen and oxygen atoms in total. The molecule has 0 amide bonds. The maximum atomic E-state index is 5.77. The summed E-state index contributed by atoms with van der Waals surface area (Å²) in [7, 11) is 0. The predicted octanol–water partition coefficient (Wildman–Crippen LogP) is 5.33. The molecule has 0 saturated heterocycles. The molecule has 21 heavy (non-hydrogen) atoms. The Morgan fingerprint density at radius 2 is 2.00 bits per heavy atom. The molecule has 1 N–H and O–H groups in total. The van der Waals surface area contributed by atoms with Crippen LogP contribution in [0.4, 0.5) is 0 Å². The molecule has 0 aliphatic rings. The van der Waals surface area contributed by atoms with Gasteiger partial charge in [-0.05, 0) is 64.5 Å². The Bertz CT molecular complexity index is 562. The van der Waals surface area contributed by atoms with Crippen LogP contribution in [0.1, 0.15) is 50.1 Å². The van der Waals surface area contributed by atoms with Crippen molar-refractivity contribution >= 4 is 15.9 Å². The van der Waals surface area contributed by atoms with E-state index in [9.17, 15) is 0 Å². The summed E-state index contributed by atoms with van der Waals surface area (Å²) < 4.78 is 6.55. The lowest BCUT2D eigenvalue weighted by Crippen LogP contribution is -2.22. The zero-order chi connectivity index (χ0) is 15.2. The van der Waals surface area contributed by atoms with Crippen LogP contribution in [0.15, 0.2) is 45.5 Å². The SMILES string of the molecule is CCCNC(c1cccc(CC(C)C)c1)c1ccc(Br)o1. The molecule has 1 unspecified atom stereocenters. The Morgan fingerprint density at radius 3 is 2.62 bits per heavy atom. The number of benzene rings is 1. The minimum atomic E-state index is 0.114. The van der Waals surface area contributed by atoms with Gasteiger partial charge in [0.15, 0.2) is 4.67 Å². The molecule has 0 aliphatic carbocycles. The molecular weight excluding hydrogens is 326 g/mol. The van der Waals surface area contributed by atoms with E-state index in [1.807, 2.05) is 12.1 Å². The van der Waals surface area contributed by atoms with E-state index in [4.69, 9.17) is 4.42 Å². The molecule has 1 aromatic heterocycles. The number of furan rings is 1. The third kappa shape index (κ3) is 4.72. The molecule has 0 bridgehead atoms. The summed E-state index contributed by atoms with van der Waals surface area (Å²) in [5, 5.41) is 3.58. The second kappa shape index (κ2) is 7.81. The third-order valence-corrected chi connectivity index (χ3v) is 3.83. The fraction of sp³-hybridized carbons (Fsp3) is 0.444. The van der Waals surface area contributed by atoms with Crippen LogP contribution in [0.3, 0.4) is 0 Å². The van der Waals surface area contributed by atoms with Crippen molar-refractivity contribution < 1.29 is 4.42 Å². The zero-order valence-corrected chi connectivity index (χ0v) is 14.6. The van der Waals surface area contributed by atoms with Gasteiger partial charge in [0.2, 0.25) is 0 Å². The van der Waals surface area contributed by atoms with Gasteiger partial charge < -0.3 is 9.73 Å². The first-order valence-electron chi connectivity index (χ1n) is 7.67. The summed E-state index contributed by atoms with van der Waals surface area (Å²) >= 11 is 3.39. The van der Waals surface area contributed by atoms with E-state index in [0.29, 0.717) is 5.92 Å². The van der Waals surface area contributed by atoms with Crippen LogP contribution in [-0.4, -0.2) is 6.54 Å². The summed E-state index contributed by atoms with van der Waals surface area (Å²) in [6.07, 6.45) is 2.21. The molecule has 114 valence electrons. The number of hydrogen-bond donors (Lipinski definition) is 1. The Kier molecular flexibility index (Phi) is 6.07. The van der Waals surface area contributed by atoms with Gasteiger partial charge in [-0.2, -0.15) is 0 Å². The van der Waals surface area contributed by atoms with Gasteiger partial charge in [0.05, 0.1) is 6.04 Å². The predicted molar refractivity (Wildman–Crippen MR) is 91.5 cm³/mol.